The first kappa shape index (κ1) is 23.4. The van der Waals surface area contributed by atoms with Crippen molar-refractivity contribution >= 4 is 21.9 Å². The van der Waals surface area contributed by atoms with Gasteiger partial charge in [-0.05, 0) is 50.2 Å². The van der Waals surface area contributed by atoms with E-state index in [-0.39, 0.29) is 41.9 Å². The first-order valence-electron chi connectivity index (χ1n) is 10.7. The lowest BCUT2D eigenvalue weighted by Crippen LogP contribution is -2.42. The summed E-state index contributed by atoms with van der Waals surface area (Å²) in [5, 5.41) is 11.5. The second-order valence-corrected chi connectivity index (χ2v) is 9.82. The van der Waals surface area contributed by atoms with E-state index in [0.29, 0.717) is 18.9 Å². The molecule has 3 N–H and O–H groups in total. The summed E-state index contributed by atoms with van der Waals surface area (Å²) in [6.07, 6.45) is 8.76. The van der Waals surface area contributed by atoms with Crippen LogP contribution in [0.25, 0.3) is 0 Å². The lowest BCUT2D eigenvalue weighted by atomic mass is 9.77. The van der Waals surface area contributed by atoms with Crippen LogP contribution in [0.15, 0.2) is 47.4 Å². The number of amides is 1. The maximum atomic E-state index is 12.2. The number of carbonyl (C=O) groups is 2. The van der Waals surface area contributed by atoms with Crippen LogP contribution < -0.4 is 10.0 Å². The van der Waals surface area contributed by atoms with E-state index in [9.17, 15) is 18.0 Å². The van der Waals surface area contributed by atoms with Gasteiger partial charge < -0.3 is 15.2 Å². The summed E-state index contributed by atoms with van der Waals surface area (Å²) in [5.41, 5.74) is 0. The van der Waals surface area contributed by atoms with Gasteiger partial charge in [0.05, 0.1) is 23.6 Å². The topological polar surface area (TPSA) is 122 Å². The third-order valence-corrected chi connectivity index (χ3v) is 7.35. The van der Waals surface area contributed by atoms with Gasteiger partial charge in [-0.25, -0.2) is 13.1 Å². The molecule has 0 spiro atoms. The number of unbranched alkanes of at least 4 members (excludes halogenated alkanes) is 1. The van der Waals surface area contributed by atoms with Crippen molar-refractivity contribution in [3.8, 4) is 0 Å². The molecule has 1 aromatic rings. The fourth-order valence-corrected chi connectivity index (χ4v) is 5.36. The Morgan fingerprint density at radius 2 is 1.81 bits per heavy atom. The number of nitrogens with one attached hydrogen (secondary N) is 2. The van der Waals surface area contributed by atoms with Gasteiger partial charge in [0.1, 0.15) is 0 Å². The Hall–Kier alpha value is -2.23. The van der Waals surface area contributed by atoms with Gasteiger partial charge in [-0.15, -0.1) is 0 Å². The molecule has 4 atom stereocenters. The van der Waals surface area contributed by atoms with Gasteiger partial charge in [-0.2, -0.15) is 0 Å². The summed E-state index contributed by atoms with van der Waals surface area (Å²) in [6, 6.07) is 7.94. The van der Waals surface area contributed by atoms with Gasteiger partial charge in [0.25, 0.3) is 0 Å². The second kappa shape index (κ2) is 10.9. The molecule has 2 fully saturated rings. The largest absolute Gasteiger partial charge is 0.481 e. The minimum Gasteiger partial charge on any atom is -0.481 e. The zero-order valence-corrected chi connectivity index (χ0v) is 18.2. The predicted molar refractivity (Wildman–Crippen MR) is 115 cm³/mol. The van der Waals surface area contributed by atoms with Crippen LogP contribution in [0.4, 0.5) is 0 Å². The van der Waals surface area contributed by atoms with Crippen molar-refractivity contribution in [2.45, 2.75) is 55.6 Å². The van der Waals surface area contributed by atoms with Crippen LogP contribution in [0, 0.1) is 11.8 Å². The van der Waals surface area contributed by atoms with E-state index < -0.39 is 16.0 Å². The van der Waals surface area contributed by atoms with Gasteiger partial charge in [0, 0.05) is 18.9 Å². The number of hydrogen-bond donors (Lipinski definition) is 3. The van der Waals surface area contributed by atoms with Gasteiger partial charge in [0.15, 0.2) is 0 Å². The standard InChI is InChI=1S/C22H30N2O6S/c25-21(15-24-31(28,29)16-8-4-3-5-9-16)23-14-18-17(19-12-13-20(18)30-19)10-6-1-2-7-11-22(26)27/h1,3-6,8-9,17-20,24H,2,7,10-15H2,(H,23,25)(H,26,27)/b6-1-/t17-,18+,19-,20+/m1/s1. The molecule has 170 valence electrons. The number of benzene rings is 1. The first-order chi connectivity index (χ1) is 14.9. The highest BCUT2D eigenvalue weighted by molar-refractivity contribution is 7.89. The highest BCUT2D eigenvalue weighted by atomic mass is 32.2. The molecule has 0 unspecified atom stereocenters. The summed E-state index contributed by atoms with van der Waals surface area (Å²) in [6.45, 7) is 0.137. The van der Waals surface area contributed by atoms with Gasteiger partial charge >= 0.3 is 5.97 Å². The molecule has 0 saturated carbocycles. The van der Waals surface area contributed by atoms with E-state index in [2.05, 4.69) is 16.1 Å². The number of carbonyl (C=O) groups excluding carboxylic acids is 1. The van der Waals surface area contributed by atoms with E-state index in [1.54, 1.807) is 18.2 Å². The maximum Gasteiger partial charge on any atom is 0.303 e. The normalized spacial score (nSPS) is 25.2. The monoisotopic (exact) mass is 450 g/mol. The van der Waals surface area contributed by atoms with Crippen LogP contribution in [0.1, 0.15) is 38.5 Å². The Kier molecular flexibility index (Phi) is 8.22. The molecule has 1 aromatic carbocycles. The first-order valence-corrected chi connectivity index (χ1v) is 12.2. The quantitative estimate of drug-likeness (QED) is 0.331. The molecule has 3 rings (SSSR count). The number of fused-ring (bicyclic) bond motifs is 2. The number of hydrogen-bond acceptors (Lipinski definition) is 5. The second-order valence-electron chi connectivity index (χ2n) is 8.05. The molecular formula is C22H30N2O6S. The van der Waals surface area contributed by atoms with Crippen molar-refractivity contribution < 1.29 is 27.9 Å². The number of carboxylic acid groups (broad SMARTS) is 1. The highest BCUT2D eigenvalue weighted by Crippen LogP contribution is 2.44. The van der Waals surface area contributed by atoms with Crippen LogP contribution in [0.2, 0.25) is 0 Å². The van der Waals surface area contributed by atoms with Crippen LogP contribution in [-0.4, -0.2) is 50.7 Å². The molecular weight excluding hydrogens is 420 g/mol. The Bertz CT molecular complexity index is 887. The highest BCUT2D eigenvalue weighted by Gasteiger charge is 2.47. The lowest BCUT2D eigenvalue weighted by molar-refractivity contribution is -0.137. The lowest BCUT2D eigenvalue weighted by Gasteiger charge is -2.27. The number of allylic oxidation sites excluding steroid dienone is 2. The minimum absolute atomic E-state index is 0.122. The number of sulfonamides is 1. The molecule has 2 heterocycles. The van der Waals surface area contributed by atoms with E-state index in [0.717, 1.165) is 25.7 Å². The fraction of sp³-hybridized carbons (Fsp3) is 0.545. The van der Waals surface area contributed by atoms with Crippen molar-refractivity contribution in [1.82, 2.24) is 10.0 Å². The molecule has 8 nitrogen and oxygen atoms in total. The molecule has 2 aliphatic heterocycles. The van der Waals surface area contributed by atoms with Crippen molar-refractivity contribution in [1.29, 1.82) is 0 Å². The zero-order valence-electron chi connectivity index (χ0n) is 17.4. The Balaban J connectivity index is 1.44. The van der Waals surface area contributed by atoms with E-state index in [1.807, 2.05) is 6.08 Å². The maximum absolute atomic E-state index is 12.2. The molecule has 0 aromatic heterocycles. The Morgan fingerprint density at radius 3 is 2.52 bits per heavy atom. The van der Waals surface area contributed by atoms with Gasteiger partial charge in [-0.3, -0.25) is 9.59 Å². The van der Waals surface area contributed by atoms with Crippen LogP contribution in [0.3, 0.4) is 0 Å². The molecule has 1 amide bonds. The van der Waals surface area contributed by atoms with Gasteiger partial charge in [0.2, 0.25) is 15.9 Å². The minimum atomic E-state index is -3.72. The predicted octanol–water partition coefficient (Wildman–Crippen LogP) is 2.08. The van der Waals surface area contributed by atoms with Crippen LogP contribution in [-0.2, 0) is 24.3 Å². The summed E-state index contributed by atoms with van der Waals surface area (Å²) >= 11 is 0. The number of carboxylic acids is 1. The number of rotatable bonds is 12. The Morgan fingerprint density at radius 1 is 1.10 bits per heavy atom. The molecule has 31 heavy (non-hydrogen) atoms. The summed E-state index contributed by atoms with van der Waals surface area (Å²) < 4.78 is 32.8. The summed E-state index contributed by atoms with van der Waals surface area (Å²) in [7, 11) is -3.72. The molecule has 0 aliphatic carbocycles. The van der Waals surface area contributed by atoms with Crippen molar-refractivity contribution in [3.05, 3.63) is 42.5 Å². The zero-order chi connectivity index (χ0) is 22.3. The molecule has 9 heteroatoms. The average Bonchev–Trinajstić information content (AvgIpc) is 3.35. The molecule has 0 radical (unpaired) electrons. The van der Waals surface area contributed by atoms with E-state index in [1.165, 1.54) is 12.1 Å². The third kappa shape index (κ3) is 6.62. The van der Waals surface area contributed by atoms with Crippen molar-refractivity contribution in [2.24, 2.45) is 11.8 Å². The Labute approximate surface area is 183 Å². The number of aliphatic carboxylic acids is 1. The van der Waals surface area contributed by atoms with Crippen molar-refractivity contribution in [3.63, 3.8) is 0 Å². The van der Waals surface area contributed by atoms with E-state index >= 15 is 0 Å². The van der Waals surface area contributed by atoms with Gasteiger partial charge in [-0.1, -0.05) is 30.4 Å². The fourth-order valence-electron chi connectivity index (χ4n) is 4.36. The average molecular weight is 451 g/mol. The van der Waals surface area contributed by atoms with E-state index in [4.69, 9.17) is 9.84 Å². The number of ether oxygens (including phenoxy) is 1. The third-order valence-electron chi connectivity index (χ3n) is 5.94. The van der Waals surface area contributed by atoms with Crippen LogP contribution >= 0.6 is 0 Å². The molecule has 2 bridgehead atoms. The summed E-state index contributed by atoms with van der Waals surface area (Å²) in [5.74, 6) is -0.658. The van der Waals surface area contributed by atoms with Crippen molar-refractivity contribution in [2.75, 3.05) is 13.1 Å². The molecule has 2 saturated heterocycles. The smallest absolute Gasteiger partial charge is 0.303 e. The summed E-state index contributed by atoms with van der Waals surface area (Å²) in [4.78, 5) is 22.9. The molecule has 2 aliphatic rings. The van der Waals surface area contributed by atoms with Crippen LogP contribution in [0.5, 0.6) is 0 Å². The SMILES string of the molecule is O=C(O)CCC/C=C\C[C@@H]1[C@H](CNC(=O)CNS(=O)(=O)c2ccccc2)[C@@H]2CC[C@H]1O2.